The van der Waals surface area contributed by atoms with Crippen molar-refractivity contribution in [1.29, 1.82) is 0 Å². The van der Waals surface area contributed by atoms with Crippen LogP contribution >= 0.6 is 11.8 Å². The largest absolute Gasteiger partial charge is 0.449 e. The summed E-state index contributed by atoms with van der Waals surface area (Å²) in [6.45, 7) is 6.23. The zero-order valence-corrected chi connectivity index (χ0v) is 21.9. The Morgan fingerprint density at radius 2 is 1.78 bits per heavy atom. The van der Waals surface area contributed by atoms with Crippen LogP contribution in [0.3, 0.4) is 0 Å². The summed E-state index contributed by atoms with van der Waals surface area (Å²) in [6, 6.07) is 20.1. The van der Waals surface area contributed by atoms with Gasteiger partial charge in [-0.2, -0.15) is 0 Å². The summed E-state index contributed by atoms with van der Waals surface area (Å²) >= 11 is 1.61. The van der Waals surface area contributed by atoms with Crippen LogP contribution in [0.4, 0.5) is 0 Å². The van der Waals surface area contributed by atoms with Gasteiger partial charge in [0.15, 0.2) is 5.09 Å². The summed E-state index contributed by atoms with van der Waals surface area (Å²) in [5.41, 5.74) is 3.97. The maximum atomic E-state index is 13.4. The van der Waals surface area contributed by atoms with E-state index in [1.807, 2.05) is 49.4 Å². The molecule has 0 atom stereocenters. The van der Waals surface area contributed by atoms with E-state index in [1.54, 1.807) is 11.8 Å². The molecule has 5 rings (SSSR count). The standard InChI is InChI=1S/C30H28N2O4S/c1-4-6-9-24(31-36-19(3)33)30(34)21-13-15-26-23(18-21)22-16-20(12-14-25(22)32(26)5-2)17-29-35-27-10-7-8-11-28(27)37-29/h7-8,10-18H,4-6,9H2,1-3H3. The van der Waals surface area contributed by atoms with Crippen molar-refractivity contribution < 1.29 is 19.2 Å². The third-order valence-electron chi connectivity index (χ3n) is 6.34. The molecule has 0 saturated carbocycles. The number of benzene rings is 3. The molecule has 1 aromatic heterocycles. The zero-order valence-electron chi connectivity index (χ0n) is 21.1. The van der Waals surface area contributed by atoms with Crippen molar-refractivity contribution in [3.05, 3.63) is 76.9 Å². The van der Waals surface area contributed by atoms with Gasteiger partial charge in [0.2, 0.25) is 5.78 Å². The summed E-state index contributed by atoms with van der Waals surface area (Å²) in [5, 5.41) is 6.77. The number of carbonyl (C=O) groups is 2. The SMILES string of the molecule is CCCCC(=NOC(C)=O)C(=O)c1ccc2c(c1)c1cc(C=C3Oc4ccccc4S3)ccc1n2CC. The summed E-state index contributed by atoms with van der Waals surface area (Å²) in [7, 11) is 0. The predicted molar refractivity (Wildman–Crippen MR) is 149 cm³/mol. The number of thioether (sulfide) groups is 1. The number of unbranched alkanes of at least 4 members (excludes halogenated alkanes) is 1. The van der Waals surface area contributed by atoms with E-state index in [0.717, 1.165) is 62.5 Å². The normalized spacial score (nSPS) is 14.2. The molecule has 1 aliphatic rings. The summed E-state index contributed by atoms with van der Waals surface area (Å²) in [6.07, 6.45) is 4.18. The first-order valence-electron chi connectivity index (χ1n) is 12.5. The van der Waals surface area contributed by atoms with Crippen LogP contribution in [0.25, 0.3) is 27.9 Å². The van der Waals surface area contributed by atoms with Crippen molar-refractivity contribution in [2.45, 2.75) is 51.5 Å². The quantitative estimate of drug-likeness (QED) is 0.105. The average Bonchev–Trinajstić information content (AvgIpc) is 3.45. The molecule has 0 aliphatic carbocycles. The molecule has 7 heteroatoms. The topological polar surface area (TPSA) is 69.9 Å². The van der Waals surface area contributed by atoms with Crippen molar-refractivity contribution in [2.75, 3.05) is 0 Å². The highest BCUT2D eigenvalue weighted by Gasteiger charge is 2.20. The van der Waals surface area contributed by atoms with E-state index < -0.39 is 5.97 Å². The second kappa shape index (κ2) is 10.6. The maximum absolute atomic E-state index is 13.4. The van der Waals surface area contributed by atoms with E-state index in [1.165, 1.54) is 6.92 Å². The molecule has 0 spiro atoms. The van der Waals surface area contributed by atoms with E-state index >= 15 is 0 Å². The first-order valence-corrected chi connectivity index (χ1v) is 13.3. The zero-order chi connectivity index (χ0) is 25.9. The van der Waals surface area contributed by atoms with Gasteiger partial charge in [-0.3, -0.25) is 4.79 Å². The Labute approximate surface area is 219 Å². The molecule has 6 nitrogen and oxygen atoms in total. The number of carbonyl (C=O) groups excluding carboxylic acids is 2. The molecule has 0 radical (unpaired) electrons. The van der Waals surface area contributed by atoms with Gasteiger partial charge in [-0.15, -0.1) is 0 Å². The van der Waals surface area contributed by atoms with Crippen molar-refractivity contribution in [3.63, 3.8) is 0 Å². The number of ether oxygens (including phenoxy) is 1. The number of oxime groups is 1. The first kappa shape index (κ1) is 24.8. The van der Waals surface area contributed by atoms with Crippen molar-refractivity contribution in [3.8, 4) is 5.75 Å². The number of aryl methyl sites for hydroxylation is 1. The molecule has 37 heavy (non-hydrogen) atoms. The van der Waals surface area contributed by atoms with Crippen LogP contribution in [0, 0.1) is 0 Å². The van der Waals surface area contributed by atoms with Gasteiger partial charge in [-0.25, -0.2) is 4.79 Å². The van der Waals surface area contributed by atoms with E-state index in [-0.39, 0.29) is 11.5 Å². The summed E-state index contributed by atoms with van der Waals surface area (Å²) in [5.74, 6) is 0.109. The van der Waals surface area contributed by atoms with Crippen LogP contribution in [0.5, 0.6) is 5.75 Å². The number of hydrogen-bond donors (Lipinski definition) is 0. The van der Waals surface area contributed by atoms with Crippen molar-refractivity contribution >= 4 is 57.1 Å². The van der Waals surface area contributed by atoms with Crippen LogP contribution in [-0.4, -0.2) is 22.0 Å². The Morgan fingerprint density at radius 3 is 2.51 bits per heavy atom. The molecule has 4 aromatic rings. The lowest BCUT2D eigenvalue weighted by Gasteiger charge is -2.06. The average molecular weight is 513 g/mol. The molecular weight excluding hydrogens is 484 g/mol. The van der Waals surface area contributed by atoms with E-state index in [0.29, 0.717) is 12.0 Å². The van der Waals surface area contributed by atoms with Crippen molar-refractivity contribution in [2.24, 2.45) is 5.16 Å². The van der Waals surface area contributed by atoms with E-state index in [4.69, 9.17) is 9.57 Å². The van der Waals surface area contributed by atoms with Crippen LogP contribution in [-0.2, 0) is 16.2 Å². The molecule has 0 bridgehead atoms. The van der Waals surface area contributed by atoms with Gasteiger partial charge < -0.3 is 14.1 Å². The van der Waals surface area contributed by atoms with Gasteiger partial charge in [0.1, 0.15) is 11.5 Å². The van der Waals surface area contributed by atoms with Gasteiger partial charge in [0, 0.05) is 40.8 Å². The lowest BCUT2D eigenvalue weighted by atomic mass is 10.0. The second-order valence-electron chi connectivity index (χ2n) is 8.92. The fraction of sp³-hybridized carbons (Fsp3) is 0.233. The molecule has 0 saturated heterocycles. The Hall–Kier alpha value is -3.84. The Morgan fingerprint density at radius 1 is 1.03 bits per heavy atom. The molecule has 188 valence electrons. The molecular formula is C30H28N2O4S. The minimum absolute atomic E-state index is 0.221. The Bertz CT molecular complexity index is 1550. The summed E-state index contributed by atoms with van der Waals surface area (Å²) in [4.78, 5) is 30.6. The molecule has 3 aromatic carbocycles. The molecule has 0 unspecified atom stereocenters. The van der Waals surface area contributed by atoms with Crippen LogP contribution in [0.2, 0.25) is 0 Å². The number of hydrogen-bond acceptors (Lipinski definition) is 6. The monoisotopic (exact) mass is 512 g/mol. The minimum atomic E-state index is -0.544. The third kappa shape index (κ3) is 5.04. The number of rotatable bonds is 8. The minimum Gasteiger partial charge on any atom is -0.449 e. The highest BCUT2D eigenvalue weighted by Crippen LogP contribution is 2.43. The van der Waals surface area contributed by atoms with Gasteiger partial charge in [-0.1, -0.05) is 36.7 Å². The van der Waals surface area contributed by atoms with E-state index in [2.05, 4.69) is 40.9 Å². The Kier molecular flexibility index (Phi) is 7.15. The molecule has 1 aliphatic heterocycles. The number of nitrogens with zero attached hydrogens (tertiary/aromatic N) is 2. The fourth-order valence-electron chi connectivity index (χ4n) is 4.58. The second-order valence-corrected chi connectivity index (χ2v) is 9.97. The lowest BCUT2D eigenvalue weighted by Crippen LogP contribution is -2.15. The number of ketones is 1. The van der Waals surface area contributed by atoms with Crippen LogP contribution in [0.1, 0.15) is 56.0 Å². The Balaban J connectivity index is 1.55. The molecule has 2 heterocycles. The van der Waals surface area contributed by atoms with Gasteiger partial charge in [0.05, 0.1) is 4.90 Å². The number of para-hydroxylation sites is 1. The van der Waals surface area contributed by atoms with E-state index in [9.17, 15) is 9.59 Å². The van der Waals surface area contributed by atoms with Gasteiger partial charge in [0.25, 0.3) is 0 Å². The number of Topliss-reactive ketones (excluding diaryl/α,β-unsaturated/α-hetero) is 1. The van der Waals surface area contributed by atoms with Crippen molar-refractivity contribution in [1.82, 2.24) is 4.57 Å². The fourth-order valence-corrected chi connectivity index (χ4v) is 5.48. The van der Waals surface area contributed by atoms with Gasteiger partial charge >= 0.3 is 5.97 Å². The highest BCUT2D eigenvalue weighted by atomic mass is 32.2. The lowest BCUT2D eigenvalue weighted by molar-refractivity contribution is -0.140. The molecule has 0 N–H and O–H groups in total. The van der Waals surface area contributed by atoms with Gasteiger partial charge in [-0.05, 0) is 85.6 Å². The number of aromatic nitrogens is 1. The smallest absolute Gasteiger partial charge is 0.331 e. The van der Waals surface area contributed by atoms with Crippen LogP contribution in [0.15, 0.2) is 75.8 Å². The summed E-state index contributed by atoms with van der Waals surface area (Å²) < 4.78 is 8.26. The first-order chi connectivity index (χ1) is 18.0. The number of fused-ring (bicyclic) bond motifs is 4. The molecule has 0 amide bonds. The highest BCUT2D eigenvalue weighted by molar-refractivity contribution is 8.03. The predicted octanol–water partition coefficient (Wildman–Crippen LogP) is 7.59. The maximum Gasteiger partial charge on any atom is 0.331 e. The third-order valence-corrected chi connectivity index (χ3v) is 7.30. The van der Waals surface area contributed by atoms with Crippen LogP contribution < -0.4 is 4.74 Å². The molecule has 0 fully saturated rings.